The van der Waals surface area contributed by atoms with Crippen LogP contribution in [0.2, 0.25) is 0 Å². The number of carbonyl (C=O) groups excluding carboxylic acids is 1. The number of nitrogens with zero attached hydrogens (tertiary/aromatic N) is 2. The highest BCUT2D eigenvalue weighted by Crippen LogP contribution is 2.30. The molecule has 3 rings (SSSR count). The molecule has 1 aromatic carbocycles. The molecule has 1 N–H and O–H groups in total. The molecule has 0 bridgehead atoms. The van der Waals surface area contributed by atoms with Gasteiger partial charge in [0, 0.05) is 12.7 Å². The lowest BCUT2D eigenvalue weighted by Crippen LogP contribution is -2.08. The van der Waals surface area contributed by atoms with E-state index in [0.29, 0.717) is 17.1 Å². The van der Waals surface area contributed by atoms with E-state index in [4.69, 9.17) is 9.15 Å². The number of ether oxygens (including phenoxy) is 1. The molecular weight excluding hydrogens is 382 g/mol. The summed E-state index contributed by atoms with van der Waals surface area (Å²) in [5.41, 5.74) is 1.16. The lowest BCUT2D eigenvalue weighted by molar-refractivity contribution is 0.0440. The van der Waals surface area contributed by atoms with Crippen molar-refractivity contribution in [2.75, 3.05) is 12.4 Å². The molecule has 0 atom stereocenters. The van der Waals surface area contributed by atoms with Crippen LogP contribution in [0.15, 0.2) is 44.6 Å². The van der Waals surface area contributed by atoms with Gasteiger partial charge in [0.05, 0.1) is 14.2 Å². The highest BCUT2D eigenvalue weighted by molar-refractivity contribution is 9.11. The molecule has 0 spiro atoms. The number of hydrogen-bond acceptors (Lipinski definition) is 7. The van der Waals surface area contributed by atoms with Crippen LogP contribution in [-0.2, 0) is 11.3 Å². The summed E-state index contributed by atoms with van der Waals surface area (Å²) in [6.45, 7) is -0.0730. The Morgan fingerprint density at radius 2 is 2.13 bits per heavy atom. The molecule has 0 unspecified atom stereocenters. The zero-order valence-corrected chi connectivity index (χ0v) is 14.5. The van der Waals surface area contributed by atoms with Crippen LogP contribution in [0.3, 0.4) is 0 Å². The smallest absolute Gasteiger partial charge is 0.340 e. The van der Waals surface area contributed by atoms with Crippen molar-refractivity contribution in [2.45, 2.75) is 6.61 Å². The predicted octanol–water partition coefficient (Wildman–Crippen LogP) is 3.96. The zero-order valence-electron chi connectivity index (χ0n) is 12.1. The van der Waals surface area contributed by atoms with Crippen molar-refractivity contribution < 1.29 is 13.9 Å². The minimum Gasteiger partial charge on any atom is -0.452 e. The van der Waals surface area contributed by atoms with Crippen molar-refractivity contribution >= 4 is 38.9 Å². The Morgan fingerprint density at radius 1 is 1.30 bits per heavy atom. The molecule has 8 heteroatoms. The van der Waals surface area contributed by atoms with Gasteiger partial charge in [-0.05, 0) is 40.2 Å². The van der Waals surface area contributed by atoms with Gasteiger partial charge >= 0.3 is 5.97 Å². The van der Waals surface area contributed by atoms with Crippen molar-refractivity contribution in [3.8, 4) is 10.8 Å². The monoisotopic (exact) mass is 393 g/mol. The maximum absolute atomic E-state index is 12.1. The molecule has 0 radical (unpaired) electrons. The number of thiophene rings is 1. The van der Waals surface area contributed by atoms with Crippen molar-refractivity contribution in [3.63, 3.8) is 0 Å². The Balaban J connectivity index is 1.67. The lowest BCUT2D eigenvalue weighted by atomic mass is 10.2. The van der Waals surface area contributed by atoms with E-state index in [1.165, 1.54) is 11.3 Å². The molecule has 0 aliphatic rings. The molecule has 118 valence electrons. The van der Waals surface area contributed by atoms with E-state index in [-0.39, 0.29) is 12.5 Å². The SMILES string of the molecule is CNc1ccccc1C(=O)OCc1nnc(-c2ccc(Br)s2)o1. The first-order chi connectivity index (χ1) is 11.2. The van der Waals surface area contributed by atoms with Crippen LogP contribution in [0, 0.1) is 0 Å². The summed E-state index contributed by atoms with van der Waals surface area (Å²) in [6.07, 6.45) is 0. The fraction of sp³-hybridized carbons (Fsp3) is 0.133. The Hall–Kier alpha value is -2.19. The summed E-state index contributed by atoms with van der Waals surface area (Å²) < 4.78 is 11.7. The first-order valence-electron chi connectivity index (χ1n) is 6.69. The molecule has 23 heavy (non-hydrogen) atoms. The molecule has 2 aromatic heterocycles. The third-order valence-electron chi connectivity index (χ3n) is 2.99. The van der Waals surface area contributed by atoms with Crippen LogP contribution >= 0.6 is 27.3 Å². The van der Waals surface area contributed by atoms with Crippen molar-refractivity contribution in [2.24, 2.45) is 0 Å². The van der Waals surface area contributed by atoms with Gasteiger partial charge in [0.1, 0.15) is 0 Å². The number of rotatable bonds is 5. The van der Waals surface area contributed by atoms with Gasteiger partial charge in [-0.3, -0.25) is 0 Å². The second-order valence-electron chi connectivity index (χ2n) is 4.48. The van der Waals surface area contributed by atoms with Crippen LogP contribution in [-0.4, -0.2) is 23.2 Å². The molecule has 2 heterocycles. The summed E-state index contributed by atoms with van der Waals surface area (Å²) in [7, 11) is 1.75. The lowest BCUT2D eigenvalue weighted by Gasteiger charge is -2.07. The second-order valence-corrected chi connectivity index (χ2v) is 6.94. The average molecular weight is 394 g/mol. The third-order valence-corrected chi connectivity index (χ3v) is 4.61. The standard InChI is InChI=1S/C15H12BrN3O3S/c1-17-10-5-3-2-4-9(10)15(20)21-8-13-18-19-14(22-13)11-6-7-12(16)23-11/h2-7,17H,8H2,1H3. The number of halogens is 1. The number of aromatic nitrogens is 2. The summed E-state index contributed by atoms with van der Waals surface area (Å²) in [5, 5.41) is 10.8. The van der Waals surface area contributed by atoms with Crippen LogP contribution in [0.4, 0.5) is 5.69 Å². The van der Waals surface area contributed by atoms with Crippen LogP contribution in [0.25, 0.3) is 10.8 Å². The number of anilines is 1. The molecule has 6 nitrogen and oxygen atoms in total. The first kappa shape index (κ1) is 15.7. The van der Waals surface area contributed by atoms with E-state index in [9.17, 15) is 4.79 Å². The van der Waals surface area contributed by atoms with E-state index in [1.807, 2.05) is 18.2 Å². The summed E-state index contributed by atoms with van der Waals surface area (Å²) in [4.78, 5) is 13.0. The number of benzene rings is 1. The van der Waals surface area contributed by atoms with Gasteiger partial charge in [-0.15, -0.1) is 21.5 Å². The molecule has 3 aromatic rings. The summed E-state index contributed by atoms with van der Waals surface area (Å²) in [5.74, 6) is 0.204. The topological polar surface area (TPSA) is 77.2 Å². The highest BCUT2D eigenvalue weighted by atomic mass is 79.9. The number of para-hydroxylation sites is 1. The van der Waals surface area contributed by atoms with Crippen molar-refractivity contribution in [1.82, 2.24) is 10.2 Å². The fourth-order valence-electron chi connectivity index (χ4n) is 1.92. The second kappa shape index (κ2) is 6.93. The minimum atomic E-state index is -0.450. The Morgan fingerprint density at radius 3 is 2.87 bits per heavy atom. The Kier molecular flexibility index (Phi) is 4.73. The van der Waals surface area contributed by atoms with Crippen LogP contribution < -0.4 is 5.32 Å². The molecule has 0 saturated heterocycles. The van der Waals surface area contributed by atoms with E-state index in [1.54, 1.807) is 25.2 Å². The zero-order chi connectivity index (χ0) is 16.2. The van der Waals surface area contributed by atoms with Gasteiger partial charge in [0.25, 0.3) is 11.8 Å². The fourth-order valence-corrected chi connectivity index (χ4v) is 3.23. The number of carbonyl (C=O) groups is 1. The molecular formula is C15H12BrN3O3S. The van der Waals surface area contributed by atoms with E-state index < -0.39 is 5.97 Å². The van der Waals surface area contributed by atoms with Gasteiger partial charge in [0.15, 0.2) is 6.61 Å². The van der Waals surface area contributed by atoms with Gasteiger partial charge in [-0.1, -0.05) is 12.1 Å². The predicted molar refractivity (Wildman–Crippen MR) is 90.4 cm³/mol. The third kappa shape index (κ3) is 3.59. The molecule has 0 aliphatic heterocycles. The molecule has 0 fully saturated rings. The van der Waals surface area contributed by atoms with Gasteiger partial charge < -0.3 is 14.5 Å². The first-order valence-corrected chi connectivity index (χ1v) is 8.30. The highest BCUT2D eigenvalue weighted by Gasteiger charge is 2.15. The van der Waals surface area contributed by atoms with Crippen LogP contribution in [0.5, 0.6) is 0 Å². The molecule has 0 saturated carbocycles. The summed E-state index contributed by atoms with van der Waals surface area (Å²) >= 11 is 4.86. The van der Waals surface area contributed by atoms with Gasteiger partial charge in [-0.2, -0.15) is 0 Å². The number of hydrogen-bond donors (Lipinski definition) is 1. The largest absolute Gasteiger partial charge is 0.452 e. The summed E-state index contributed by atoms with van der Waals surface area (Å²) in [6, 6.07) is 10.9. The normalized spacial score (nSPS) is 10.5. The van der Waals surface area contributed by atoms with Gasteiger partial charge in [0.2, 0.25) is 0 Å². The van der Waals surface area contributed by atoms with Gasteiger partial charge in [-0.25, -0.2) is 4.79 Å². The Labute approximate surface area is 144 Å². The number of nitrogens with one attached hydrogen (secondary N) is 1. The van der Waals surface area contributed by atoms with Crippen molar-refractivity contribution in [3.05, 3.63) is 51.6 Å². The van der Waals surface area contributed by atoms with E-state index >= 15 is 0 Å². The van der Waals surface area contributed by atoms with E-state index in [2.05, 4.69) is 31.4 Å². The van der Waals surface area contributed by atoms with E-state index in [0.717, 1.165) is 8.66 Å². The molecule has 0 aliphatic carbocycles. The van der Waals surface area contributed by atoms with Crippen molar-refractivity contribution in [1.29, 1.82) is 0 Å². The quantitative estimate of drug-likeness (QED) is 0.661. The minimum absolute atomic E-state index is 0.0730. The maximum Gasteiger partial charge on any atom is 0.340 e. The number of esters is 1. The molecule has 0 amide bonds. The van der Waals surface area contributed by atoms with Crippen LogP contribution in [0.1, 0.15) is 16.2 Å². The maximum atomic E-state index is 12.1. The Bertz CT molecular complexity index is 831. The average Bonchev–Trinajstić information content (AvgIpc) is 3.21.